The molecule has 158 valence electrons. The van der Waals surface area contributed by atoms with E-state index in [4.69, 9.17) is 0 Å². The van der Waals surface area contributed by atoms with Crippen molar-refractivity contribution in [1.29, 1.82) is 0 Å². The van der Waals surface area contributed by atoms with Crippen LogP contribution in [-0.4, -0.2) is 12.5 Å². The van der Waals surface area contributed by atoms with Crippen molar-refractivity contribution in [3.05, 3.63) is 59.2 Å². The third kappa shape index (κ3) is 6.51. The molecule has 8 heteroatoms. The van der Waals surface area contributed by atoms with E-state index in [1.165, 1.54) is 24.3 Å². The molecule has 0 saturated heterocycles. The summed E-state index contributed by atoms with van der Waals surface area (Å²) in [7, 11) is 0. The van der Waals surface area contributed by atoms with Crippen LogP contribution in [0, 0.1) is 5.41 Å². The first-order valence-electron chi connectivity index (χ1n) is 8.85. The average molecular weight is 417 g/mol. The van der Waals surface area contributed by atoms with Crippen molar-refractivity contribution < 1.29 is 31.1 Å². The van der Waals surface area contributed by atoms with E-state index in [2.05, 4.69) is 5.32 Å². The van der Waals surface area contributed by atoms with Crippen LogP contribution in [0.25, 0.3) is 11.1 Å². The number of nitrogens with one attached hydrogen (secondary N) is 1. The predicted octanol–water partition coefficient (Wildman–Crippen LogP) is 6.56. The lowest BCUT2D eigenvalue weighted by atomic mass is 9.92. The van der Waals surface area contributed by atoms with Crippen LogP contribution in [0.1, 0.15) is 48.7 Å². The Morgan fingerprint density at radius 2 is 1.38 bits per heavy atom. The Kier molecular flexibility index (Phi) is 6.35. The molecule has 0 radical (unpaired) electrons. The highest BCUT2D eigenvalue weighted by molar-refractivity contribution is 5.95. The van der Waals surface area contributed by atoms with Crippen molar-refractivity contribution in [1.82, 2.24) is 5.32 Å². The molecule has 2 aromatic rings. The van der Waals surface area contributed by atoms with Gasteiger partial charge in [0, 0.05) is 12.1 Å². The van der Waals surface area contributed by atoms with Gasteiger partial charge >= 0.3 is 12.4 Å². The second-order valence-corrected chi connectivity index (χ2v) is 7.94. The maximum Gasteiger partial charge on any atom is 0.416 e. The van der Waals surface area contributed by atoms with Crippen molar-refractivity contribution in [3.63, 3.8) is 0 Å². The molecule has 2 aromatic carbocycles. The molecule has 0 aliphatic heterocycles. The number of hydrogen-bond acceptors (Lipinski definition) is 1. The Hall–Kier alpha value is -2.51. The first-order chi connectivity index (χ1) is 13.2. The molecule has 0 atom stereocenters. The molecule has 0 spiro atoms. The molecule has 2 rings (SSSR count). The maximum atomic E-state index is 13.1. The van der Waals surface area contributed by atoms with Gasteiger partial charge in [0.1, 0.15) is 0 Å². The predicted molar refractivity (Wildman–Crippen MR) is 98.3 cm³/mol. The van der Waals surface area contributed by atoms with Crippen molar-refractivity contribution in [2.45, 2.75) is 39.5 Å². The van der Waals surface area contributed by atoms with Gasteiger partial charge in [-0.15, -0.1) is 0 Å². The molecule has 1 amide bonds. The summed E-state index contributed by atoms with van der Waals surface area (Å²) in [6, 6.07) is 6.88. The largest absolute Gasteiger partial charge is 0.416 e. The van der Waals surface area contributed by atoms with Crippen molar-refractivity contribution >= 4 is 5.91 Å². The van der Waals surface area contributed by atoms with Crippen molar-refractivity contribution in [2.75, 3.05) is 6.54 Å². The van der Waals surface area contributed by atoms with Crippen LogP contribution < -0.4 is 5.32 Å². The van der Waals surface area contributed by atoms with Crippen LogP contribution in [0.15, 0.2) is 42.5 Å². The zero-order valence-electron chi connectivity index (χ0n) is 16.1. The van der Waals surface area contributed by atoms with E-state index in [0.717, 1.165) is 0 Å². The molecule has 0 heterocycles. The Balaban J connectivity index is 2.38. The second kappa shape index (κ2) is 8.08. The molecule has 0 fully saturated rings. The molecule has 0 bridgehead atoms. The minimum atomic E-state index is -4.93. The van der Waals surface area contributed by atoms with Crippen LogP contribution in [0.4, 0.5) is 26.3 Å². The lowest BCUT2D eigenvalue weighted by Gasteiger charge is -2.18. The lowest BCUT2D eigenvalue weighted by molar-refractivity contribution is -0.143. The van der Waals surface area contributed by atoms with Gasteiger partial charge in [0.05, 0.1) is 11.1 Å². The van der Waals surface area contributed by atoms with E-state index in [1.54, 1.807) is 0 Å². The molecule has 0 aliphatic carbocycles. The van der Waals surface area contributed by atoms with E-state index in [9.17, 15) is 31.1 Å². The Labute approximate surface area is 164 Å². The topological polar surface area (TPSA) is 29.1 Å². The monoisotopic (exact) mass is 417 g/mol. The summed E-state index contributed by atoms with van der Waals surface area (Å²) < 4.78 is 78.4. The number of halogens is 6. The third-order valence-corrected chi connectivity index (χ3v) is 4.21. The minimum Gasteiger partial charge on any atom is -0.352 e. The average Bonchev–Trinajstić information content (AvgIpc) is 2.59. The molecule has 29 heavy (non-hydrogen) atoms. The van der Waals surface area contributed by atoms with E-state index in [1.807, 2.05) is 20.8 Å². The minimum absolute atomic E-state index is 0.00115. The van der Waals surface area contributed by atoms with Gasteiger partial charge in [0.25, 0.3) is 5.91 Å². The van der Waals surface area contributed by atoms with Crippen LogP contribution in [0.5, 0.6) is 0 Å². The van der Waals surface area contributed by atoms with Gasteiger partial charge in [-0.2, -0.15) is 26.3 Å². The van der Waals surface area contributed by atoms with Gasteiger partial charge in [-0.1, -0.05) is 32.9 Å². The molecule has 1 N–H and O–H groups in total. The highest BCUT2D eigenvalue weighted by atomic mass is 19.4. The van der Waals surface area contributed by atoms with Gasteiger partial charge in [0.2, 0.25) is 0 Å². The molecular formula is C21H21F6NO. The standard InChI is InChI=1S/C21H21F6NO/c1-19(2,3)7-8-28-18(29)14-6-4-5-13(9-14)15-10-16(20(22,23)24)12-17(11-15)21(25,26)27/h4-6,9-12H,7-8H2,1-3H3,(H,28,29). The van der Waals surface area contributed by atoms with Crippen LogP contribution in [0.2, 0.25) is 0 Å². The molecule has 0 unspecified atom stereocenters. The highest BCUT2D eigenvalue weighted by Gasteiger charge is 2.37. The number of hydrogen-bond donors (Lipinski definition) is 1. The van der Waals surface area contributed by atoms with Crippen molar-refractivity contribution in [3.8, 4) is 11.1 Å². The van der Waals surface area contributed by atoms with Gasteiger partial charge in [0.15, 0.2) is 0 Å². The summed E-state index contributed by atoms with van der Waals surface area (Å²) in [5.41, 5.74) is -2.82. The first kappa shape index (κ1) is 22.8. The Bertz CT molecular complexity index is 846. The van der Waals surface area contributed by atoms with Gasteiger partial charge in [-0.3, -0.25) is 4.79 Å². The first-order valence-corrected chi connectivity index (χ1v) is 8.85. The van der Waals surface area contributed by atoms with E-state index in [-0.39, 0.29) is 28.2 Å². The SMILES string of the molecule is CC(C)(C)CCNC(=O)c1cccc(-c2cc(C(F)(F)F)cc(C(F)(F)F)c2)c1. The van der Waals surface area contributed by atoms with Gasteiger partial charge in [-0.25, -0.2) is 0 Å². The zero-order chi connectivity index (χ0) is 22.0. The second-order valence-electron chi connectivity index (χ2n) is 7.94. The number of carbonyl (C=O) groups is 1. The smallest absolute Gasteiger partial charge is 0.352 e. The van der Waals surface area contributed by atoms with E-state index in [0.29, 0.717) is 25.1 Å². The lowest BCUT2D eigenvalue weighted by Crippen LogP contribution is -2.27. The summed E-state index contributed by atoms with van der Waals surface area (Å²) in [6.45, 7) is 6.41. The normalized spacial score (nSPS) is 12.7. The number of benzene rings is 2. The quantitative estimate of drug-likeness (QED) is 0.561. The Morgan fingerprint density at radius 1 is 0.828 bits per heavy atom. The third-order valence-electron chi connectivity index (χ3n) is 4.21. The Morgan fingerprint density at radius 3 is 1.86 bits per heavy atom. The van der Waals surface area contributed by atoms with Gasteiger partial charge < -0.3 is 5.32 Å². The number of rotatable bonds is 4. The summed E-state index contributed by atoms with van der Waals surface area (Å²) in [5, 5.41) is 2.71. The number of carbonyl (C=O) groups excluding carboxylic acids is 1. The summed E-state index contributed by atoms with van der Waals surface area (Å²) in [6.07, 6.45) is -9.16. The summed E-state index contributed by atoms with van der Waals surface area (Å²) in [4.78, 5) is 12.3. The van der Waals surface area contributed by atoms with E-state index >= 15 is 0 Å². The molecule has 0 aliphatic rings. The zero-order valence-corrected chi connectivity index (χ0v) is 16.1. The van der Waals surface area contributed by atoms with E-state index < -0.39 is 29.4 Å². The fourth-order valence-corrected chi connectivity index (χ4v) is 2.61. The fraction of sp³-hybridized carbons (Fsp3) is 0.381. The summed E-state index contributed by atoms with van der Waals surface area (Å²) in [5.74, 6) is -0.445. The van der Waals surface area contributed by atoms with Gasteiger partial charge in [-0.05, 0) is 53.3 Å². The fourth-order valence-electron chi connectivity index (χ4n) is 2.61. The summed E-state index contributed by atoms with van der Waals surface area (Å²) >= 11 is 0. The highest BCUT2D eigenvalue weighted by Crippen LogP contribution is 2.38. The maximum absolute atomic E-state index is 13.1. The molecule has 0 saturated carbocycles. The van der Waals surface area contributed by atoms with Crippen LogP contribution >= 0.6 is 0 Å². The molecule has 0 aromatic heterocycles. The molecule has 2 nitrogen and oxygen atoms in total. The molecular weight excluding hydrogens is 396 g/mol. The number of amides is 1. The van der Waals surface area contributed by atoms with Crippen LogP contribution in [0.3, 0.4) is 0 Å². The number of alkyl halides is 6. The van der Waals surface area contributed by atoms with Crippen LogP contribution in [-0.2, 0) is 12.4 Å². The van der Waals surface area contributed by atoms with Crippen molar-refractivity contribution in [2.24, 2.45) is 5.41 Å².